The molecule has 8 bridgehead atoms. The monoisotopic (exact) mass is 851 g/mol. The van der Waals surface area contributed by atoms with E-state index in [1.54, 1.807) is 0 Å². The van der Waals surface area contributed by atoms with Gasteiger partial charge in [-0.2, -0.15) is 0 Å². The molecule has 3 aromatic rings. The van der Waals surface area contributed by atoms with E-state index in [2.05, 4.69) is 224 Å². The van der Waals surface area contributed by atoms with Crippen molar-refractivity contribution < 1.29 is 0 Å². The van der Waals surface area contributed by atoms with Crippen LogP contribution in [-0.4, -0.2) is 44.2 Å². The first-order chi connectivity index (χ1) is 28.1. The Bertz CT molecular complexity index is 2270. The second-order valence-electron chi connectivity index (χ2n) is 20.3. The van der Waals surface area contributed by atoms with E-state index >= 15 is 0 Å². The van der Waals surface area contributed by atoms with Crippen LogP contribution < -0.4 is 0 Å². The molecule has 0 spiro atoms. The first kappa shape index (κ1) is 47.0. The van der Waals surface area contributed by atoms with Crippen molar-refractivity contribution in [3.63, 3.8) is 0 Å². The zero-order valence-electron chi connectivity index (χ0n) is 40.3. The van der Waals surface area contributed by atoms with Crippen molar-refractivity contribution >= 4 is 70.6 Å². The Kier molecular flexibility index (Phi) is 14.5. The number of aromatic nitrogens is 4. The molecule has 2 aliphatic heterocycles. The quantitative estimate of drug-likeness (QED) is 0.115. The zero-order chi connectivity index (χ0) is 44.5. The van der Waals surface area contributed by atoms with Crippen molar-refractivity contribution in [3.8, 4) is 34.4 Å². The molecular formula is C53H74N4Si3. The fourth-order valence-electron chi connectivity index (χ4n) is 11.3. The van der Waals surface area contributed by atoms with Gasteiger partial charge in [-0.05, 0) is 105 Å². The molecule has 0 amide bonds. The van der Waals surface area contributed by atoms with Crippen LogP contribution in [0.15, 0.2) is 30.3 Å². The lowest BCUT2D eigenvalue weighted by molar-refractivity contribution is 0.838. The van der Waals surface area contributed by atoms with Gasteiger partial charge in [0.1, 0.15) is 24.2 Å². The average Bonchev–Trinajstić information content (AvgIpc) is 3.98. The van der Waals surface area contributed by atoms with Crippen LogP contribution in [0.2, 0.25) is 49.9 Å². The molecule has 0 unspecified atom stereocenters. The van der Waals surface area contributed by atoms with Crippen LogP contribution in [0, 0.1) is 34.4 Å². The molecule has 5 heterocycles. The summed E-state index contributed by atoms with van der Waals surface area (Å²) in [5, 5.41) is 0. The molecule has 0 saturated carbocycles. The minimum absolute atomic E-state index is 0.495. The number of fused-ring (bicyclic) bond motifs is 8. The van der Waals surface area contributed by atoms with Crippen LogP contribution in [0.3, 0.4) is 0 Å². The Balaban J connectivity index is 2.00. The van der Waals surface area contributed by atoms with Crippen molar-refractivity contribution in [1.29, 1.82) is 0 Å². The molecule has 2 N–H and O–H groups in total. The van der Waals surface area contributed by atoms with Crippen molar-refractivity contribution in [2.75, 3.05) is 0 Å². The standard InChI is InChI=1S/C53H74N4Si3/c1-34(2)58(35(3)4,36(5)6)30-27-45-48-21-19-43(54-48)33-44-20-22-49(55-44)46(28-31-59(37(7)8,38(9)10)39(11)12)51-24-26-53(57-51)47(52-25-23-50(45)56-52)29-32-60(40(13)14,41(15)16)42(17)18/h19-26,33-42,54-55H,1-18H3. The van der Waals surface area contributed by atoms with E-state index < -0.39 is 24.2 Å². The summed E-state index contributed by atoms with van der Waals surface area (Å²) < 4.78 is 0. The van der Waals surface area contributed by atoms with Gasteiger partial charge in [0.25, 0.3) is 0 Å². The minimum atomic E-state index is -2.10. The maximum absolute atomic E-state index is 5.44. The van der Waals surface area contributed by atoms with Crippen molar-refractivity contribution in [3.05, 3.63) is 69.8 Å². The lowest BCUT2D eigenvalue weighted by atomic mass is 10.1. The highest BCUT2D eigenvalue weighted by molar-refractivity contribution is 6.91. The van der Waals surface area contributed by atoms with Crippen molar-refractivity contribution in [2.24, 2.45) is 0 Å². The third kappa shape index (κ3) is 8.68. The van der Waals surface area contributed by atoms with Gasteiger partial charge >= 0.3 is 0 Å². The number of rotatable bonds is 9. The van der Waals surface area contributed by atoms with Crippen LogP contribution in [0.5, 0.6) is 0 Å². The Hall–Kier alpha value is -4.07. The lowest BCUT2D eigenvalue weighted by Crippen LogP contribution is -2.43. The Morgan fingerprint density at radius 3 is 0.883 bits per heavy atom. The molecule has 5 rings (SSSR count). The normalized spacial score (nSPS) is 13.3. The number of aromatic amines is 2. The van der Waals surface area contributed by atoms with E-state index in [1.807, 2.05) is 0 Å². The maximum Gasteiger partial charge on any atom is 0.146 e. The first-order valence-electron chi connectivity index (χ1n) is 22.9. The summed E-state index contributed by atoms with van der Waals surface area (Å²) in [5.41, 5.74) is 26.7. The molecule has 0 aromatic carbocycles. The molecule has 0 atom stereocenters. The molecular weight excluding hydrogens is 777 g/mol. The fraction of sp³-hybridized carbons (Fsp3) is 0.509. The SMILES string of the molecule is CC(C)[Si](C#Cc1c2nc(c(C#C[Si](C(C)C)(C(C)C)C(C)C)c3ccc(cc4ccc([nH]4)c(C#C[Si](C(C)C)(C(C)C)C(C)C)c4nc1C=C4)[nH]3)C=C2)(C(C)C)C(C)C. The summed E-state index contributed by atoms with van der Waals surface area (Å²) in [6.07, 6.45) is 8.56. The molecule has 0 aliphatic carbocycles. The smallest absolute Gasteiger partial charge is 0.146 e. The van der Waals surface area contributed by atoms with Gasteiger partial charge in [-0.1, -0.05) is 142 Å². The van der Waals surface area contributed by atoms with E-state index in [4.69, 9.17) is 9.97 Å². The van der Waals surface area contributed by atoms with E-state index in [9.17, 15) is 0 Å². The predicted octanol–water partition coefficient (Wildman–Crippen LogP) is 15.4. The number of H-pyrrole nitrogens is 2. The predicted molar refractivity (Wildman–Crippen MR) is 273 cm³/mol. The second kappa shape index (κ2) is 18.5. The summed E-state index contributed by atoms with van der Waals surface area (Å²) in [4.78, 5) is 18.4. The van der Waals surface area contributed by atoms with E-state index in [0.717, 1.165) is 61.5 Å². The van der Waals surface area contributed by atoms with Gasteiger partial charge in [0, 0.05) is 11.0 Å². The van der Waals surface area contributed by atoms with Crippen LogP contribution >= 0.6 is 0 Å². The highest BCUT2D eigenvalue weighted by Gasteiger charge is 2.44. The minimum Gasteiger partial charge on any atom is -0.354 e. The number of hydrogen-bond donors (Lipinski definition) is 2. The van der Waals surface area contributed by atoms with Crippen molar-refractivity contribution in [1.82, 2.24) is 19.9 Å². The third-order valence-corrected chi connectivity index (χ3v) is 33.3. The molecule has 318 valence electrons. The van der Waals surface area contributed by atoms with Gasteiger partial charge in [0.15, 0.2) is 0 Å². The largest absolute Gasteiger partial charge is 0.354 e. The first-order valence-corrected chi connectivity index (χ1v) is 29.6. The number of nitrogens with one attached hydrogen (secondary N) is 2. The topological polar surface area (TPSA) is 57.4 Å². The molecule has 0 saturated heterocycles. The van der Waals surface area contributed by atoms with E-state index in [-0.39, 0.29) is 0 Å². The van der Waals surface area contributed by atoms with Gasteiger partial charge in [0.05, 0.1) is 50.5 Å². The molecule has 0 fully saturated rings. The molecule has 7 heteroatoms. The Labute approximate surface area is 367 Å². The average molecular weight is 851 g/mol. The van der Waals surface area contributed by atoms with E-state index in [0.29, 0.717) is 49.9 Å². The van der Waals surface area contributed by atoms with Crippen LogP contribution in [0.25, 0.3) is 46.4 Å². The van der Waals surface area contributed by atoms with E-state index in [1.165, 1.54) is 0 Å². The highest BCUT2D eigenvalue weighted by atomic mass is 28.3. The van der Waals surface area contributed by atoms with Crippen molar-refractivity contribution in [2.45, 2.75) is 174 Å². The third-order valence-electron chi connectivity index (χ3n) is 14.4. The fourth-order valence-corrected chi connectivity index (χ4v) is 27.0. The highest BCUT2D eigenvalue weighted by Crippen LogP contribution is 2.43. The maximum atomic E-state index is 5.44. The Morgan fingerprint density at radius 1 is 0.367 bits per heavy atom. The summed E-state index contributed by atoms with van der Waals surface area (Å²) in [5.74, 6) is 11.5. The van der Waals surface area contributed by atoms with Gasteiger partial charge in [-0.15, -0.1) is 16.6 Å². The molecule has 2 aliphatic rings. The summed E-state index contributed by atoms with van der Waals surface area (Å²) >= 11 is 0. The summed E-state index contributed by atoms with van der Waals surface area (Å²) in [6, 6.07) is 10.8. The number of nitrogens with zero attached hydrogens (tertiary/aromatic N) is 2. The summed E-state index contributed by atoms with van der Waals surface area (Å²) in [7, 11) is -6.20. The van der Waals surface area contributed by atoms with Crippen LogP contribution in [-0.2, 0) is 0 Å². The van der Waals surface area contributed by atoms with Gasteiger partial charge in [0.2, 0.25) is 0 Å². The second-order valence-corrected chi connectivity index (χ2v) is 37.0. The van der Waals surface area contributed by atoms with Crippen LogP contribution in [0.4, 0.5) is 0 Å². The van der Waals surface area contributed by atoms with Crippen LogP contribution in [0.1, 0.15) is 164 Å². The summed E-state index contributed by atoms with van der Waals surface area (Å²) in [6.45, 7) is 42.7. The number of hydrogen-bond acceptors (Lipinski definition) is 2. The molecule has 0 radical (unpaired) electrons. The molecule has 4 nitrogen and oxygen atoms in total. The van der Waals surface area contributed by atoms with Gasteiger partial charge in [-0.25, -0.2) is 9.97 Å². The van der Waals surface area contributed by atoms with Gasteiger partial charge in [-0.3, -0.25) is 0 Å². The molecule has 60 heavy (non-hydrogen) atoms. The molecule has 3 aromatic heterocycles. The van der Waals surface area contributed by atoms with Gasteiger partial charge < -0.3 is 9.97 Å². The Morgan fingerprint density at radius 2 is 0.617 bits per heavy atom. The zero-order valence-corrected chi connectivity index (χ0v) is 43.3. The lowest BCUT2D eigenvalue weighted by Gasteiger charge is -2.38.